The van der Waals surface area contributed by atoms with Crippen LogP contribution < -0.4 is 5.73 Å². The maximum atomic E-state index is 13.4. The van der Waals surface area contributed by atoms with Gasteiger partial charge in [0.2, 0.25) is 0 Å². The Bertz CT molecular complexity index is 578. The molecule has 0 radical (unpaired) electrons. The Morgan fingerprint density at radius 2 is 2.11 bits per heavy atom. The SMILES string of the molecule is CCCn1cc(-c2cc(F)cc(Cl)c2N)c(C)n1. The average molecular weight is 268 g/mol. The smallest absolute Gasteiger partial charge is 0.125 e. The Kier molecular flexibility index (Phi) is 3.57. The number of rotatable bonds is 3. The number of aromatic nitrogens is 2. The number of anilines is 1. The van der Waals surface area contributed by atoms with Crippen molar-refractivity contribution in [2.75, 3.05) is 5.73 Å². The third-order valence-corrected chi connectivity index (χ3v) is 3.10. The number of aryl methyl sites for hydroxylation is 2. The maximum absolute atomic E-state index is 13.4. The topological polar surface area (TPSA) is 43.8 Å². The predicted molar refractivity (Wildman–Crippen MR) is 72.1 cm³/mol. The molecule has 2 aromatic rings. The van der Waals surface area contributed by atoms with Gasteiger partial charge in [-0.15, -0.1) is 0 Å². The summed E-state index contributed by atoms with van der Waals surface area (Å²) >= 11 is 5.90. The van der Waals surface area contributed by atoms with Crippen LogP contribution in [-0.2, 0) is 6.54 Å². The molecule has 0 atom stereocenters. The molecule has 3 nitrogen and oxygen atoms in total. The third-order valence-electron chi connectivity index (χ3n) is 2.78. The van der Waals surface area contributed by atoms with E-state index in [9.17, 15) is 4.39 Å². The number of nitrogens with two attached hydrogens (primary N) is 1. The minimum Gasteiger partial charge on any atom is -0.397 e. The van der Waals surface area contributed by atoms with E-state index in [1.807, 2.05) is 17.8 Å². The van der Waals surface area contributed by atoms with Gasteiger partial charge in [0.25, 0.3) is 0 Å². The summed E-state index contributed by atoms with van der Waals surface area (Å²) in [4.78, 5) is 0. The highest BCUT2D eigenvalue weighted by Gasteiger charge is 2.13. The van der Waals surface area contributed by atoms with Crippen LogP contribution in [-0.4, -0.2) is 9.78 Å². The Hall–Kier alpha value is -1.55. The van der Waals surface area contributed by atoms with E-state index in [0.29, 0.717) is 11.3 Å². The van der Waals surface area contributed by atoms with Crippen LogP contribution >= 0.6 is 11.6 Å². The summed E-state index contributed by atoms with van der Waals surface area (Å²) < 4.78 is 15.2. The van der Waals surface area contributed by atoms with Gasteiger partial charge in [-0.05, 0) is 25.5 Å². The molecule has 2 rings (SSSR count). The molecule has 1 aromatic carbocycles. The second-order valence-electron chi connectivity index (χ2n) is 4.24. The lowest BCUT2D eigenvalue weighted by molar-refractivity contribution is 0.598. The summed E-state index contributed by atoms with van der Waals surface area (Å²) in [6, 6.07) is 2.60. The molecule has 0 saturated carbocycles. The molecule has 0 unspecified atom stereocenters. The molecule has 0 amide bonds. The summed E-state index contributed by atoms with van der Waals surface area (Å²) in [5.74, 6) is -0.396. The Morgan fingerprint density at radius 3 is 2.78 bits per heavy atom. The first-order valence-electron chi connectivity index (χ1n) is 5.82. The maximum Gasteiger partial charge on any atom is 0.125 e. The van der Waals surface area contributed by atoms with E-state index >= 15 is 0 Å². The van der Waals surface area contributed by atoms with Crippen LogP contribution in [0.25, 0.3) is 11.1 Å². The van der Waals surface area contributed by atoms with Gasteiger partial charge in [0.05, 0.1) is 16.4 Å². The third kappa shape index (κ3) is 2.34. The lowest BCUT2D eigenvalue weighted by Crippen LogP contribution is -1.96. The molecule has 0 bridgehead atoms. The van der Waals surface area contributed by atoms with E-state index in [0.717, 1.165) is 24.2 Å². The highest BCUT2D eigenvalue weighted by molar-refractivity contribution is 6.33. The summed E-state index contributed by atoms with van der Waals surface area (Å²) in [7, 11) is 0. The number of halogens is 2. The van der Waals surface area contributed by atoms with E-state index in [1.165, 1.54) is 12.1 Å². The van der Waals surface area contributed by atoms with Crippen LogP contribution in [0.3, 0.4) is 0 Å². The molecule has 0 saturated heterocycles. The van der Waals surface area contributed by atoms with E-state index in [-0.39, 0.29) is 5.02 Å². The zero-order valence-corrected chi connectivity index (χ0v) is 11.1. The number of hydrogen-bond donors (Lipinski definition) is 1. The van der Waals surface area contributed by atoms with E-state index < -0.39 is 5.82 Å². The minimum absolute atomic E-state index is 0.229. The summed E-state index contributed by atoms with van der Waals surface area (Å²) in [6.07, 6.45) is 2.86. The molecule has 5 heteroatoms. The van der Waals surface area contributed by atoms with Gasteiger partial charge in [-0.1, -0.05) is 18.5 Å². The monoisotopic (exact) mass is 267 g/mol. The fraction of sp³-hybridized carbons (Fsp3) is 0.308. The lowest BCUT2D eigenvalue weighted by atomic mass is 10.0. The molecule has 0 fully saturated rings. The summed E-state index contributed by atoms with van der Waals surface area (Å²) in [5.41, 5.74) is 8.52. The van der Waals surface area contributed by atoms with Crippen molar-refractivity contribution < 1.29 is 4.39 Å². The number of nitrogens with zero attached hydrogens (tertiary/aromatic N) is 2. The molecule has 0 spiro atoms. The van der Waals surface area contributed by atoms with Gasteiger partial charge < -0.3 is 5.73 Å². The Balaban J connectivity index is 2.54. The molecule has 96 valence electrons. The predicted octanol–water partition coefficient (Wildman–Crippen LogP) is 3.64. The number of nitrogen functional groups attached to an aromatic ring is 1. The Morgan fingerprint density at radius 1 is 1.39 bits per heavy atom. The van der Waals surface area contributed by atoms with Gasteiger partial charge in [-0.3, -0.25) is 4.68 Å². The number of benzene rings is 1. The van der Waals surface area contributed by atoms with Crippen LogP contribution in [0.15, 0.2) is 18.3 Å². The van der Waals surface area contributed by atoms with Crippen LogP contribution in [0.5, 0.6) is 0 Å². The second-order valence-corrected chi connectivity index (χ2v) is 4.65. The minimum atomic E-state index is -0.396. The van der Waals surface area contributed by atoms with E-state index in [2.05, 4.69) is 12.0 Å². The van der Waals surface area contributed by atoms with Gasteiger partial charge in [0, 0.05) is 23.9 Å². The van der Waals surface area contributed by atoms with Gasteiger partial charge in [-0.25, -0.2) is 4.39 Å². The molecule has 1 aromatic heterocycles. The van der Waals surface area contributed by atoms with Gasteiger partial charge in [-0.2, -0.15) is 5.10 Å². The largest absolute Gasteiger partial charge is 0.397 e. The van der Waals surface area contributed by atoms with Crippen LogP contribution in [0.2, 0.25) is 5.02 Å². The fourth-order valence-electron chi connectivity index (χ4n) is 1.93. The highest BCUT2D eigenvalue weighted by atomic mass is 35.5. The molecule has 1 heterocycles. The van der Waals surface area contributed by atoms with Crippen LogP contribution in [0.4, 0.5) is 10.1 Å². The van der Waals surface area contributed by atoms with Gasteiger partial charge in [0.1, 0.15) is 5.82 Å². The zero-order chi connectivity index (χ0) is 13.3. The summed E-state index contributed by atoms with van der Waals surface area (Å²) in [6.45, 7) is 4.77. The highest BCUT2D eigenvalue weighted by Crippen LogP contribution is 2.34. The average Bonchev–Trinajstić information content (AvgIpc) is 2.65. The first-order chi connectivity index (χ1) is 8.52. The fourth-order valence-corrected chi connectivity index (χ4v) is 2.14. The first-order valence-corrected chi connectivity index (χ1v) is 6.19. The first kappa shape index (κ1) is 12.9. The molecule has 0 aliphatic rings. The molecular weight excluding hydrogens is 253 g/mol. The molecule has 0 aliphatic carbocycles. The normalized spacial score (nSPS) is 10.9. The van der Waals surface area contributed by atoms with Crippen LogP contribution in [0, 0.1) is 12.7 Å². The quantitative estimate of drug-likeness (QED) is 0.863. The standard InChI is InChI=1S/C13H15ClFN3/c1-3-4-18-7-11(8(2)17-18)10-5-9(15)6-12(14)13(10)16/h5-7H,3-4,16H2,1-2H3. The van der Waals surface area contributed by atoms with Gasteiger partial charge >= 0.3 is 0 Å². The van der Waals surface area contributed by atoms with Crippen molar-refractivity contribution in [3.8, 4) is 11.1 Å². The van der Waals surface area contributed by atoms with Crippen molar-refractivity contribution in [1.82, 2.24) is 9.78 Å². The van der Waals surface area contributed by atoms with E-state index in [1.54, 1.807) is 0 Å². The molecule has 2 N–H and O–H groups in total. The van der Waals surface area contributed by atoms with Crippen molar-refractivity contribution in [1.29, 1.82) is 0 Å². The summed E-state index contributed by atoms with van der Waals surface area (Å²) in [5, 5.41) is 4.60. The van der Waals surface area contributed by atoms with Crippen molar-refractivity contribution in [2.45, 2.75) is 26.8 Å². The van der Waals surface area contributed by atoms with Crippen molar-refractivity contribution in [3.63, 3.8) is 0 Å². The van der Waals surface area contributed by atoms with Crippen LogP contribution in [0.1, 0.15) is 19.0 Å². The second kappa shape index (κ2) is 4.98. The van der Waals surface area contributed by atoms with Crippen molar-refractivity contribution >= 4 is 17.3 Å². The number of hydrogen-bond acceptors (Lipinski definition) is 2. The van der Waals surface area contributed by atoms with Gasteiger partial charge in [0.15, 0.2) is 0 Å². The molecule has 18 heavy (non-hydrogen) atoms. The zero-order valence-electron chi connectivity index (χ0n) is 10.4. The van der Waals surface area contributed by atoms with E-state index in [4.69, 9.17) is 17.3 Å². The van der Waals surface area contributed by atoms with Crippen molar-refractivity contribution in [3.05, 3.63) is 34.9 Å². The molecule has 0 aliphatic heterocycles. The Labute approximate surface area is 110 Å². The van der Waals surface area contributed by atoms with Crippen molar-refractivity contribution in [2.24, 2.45) is 0 Å². The molecular formula is C13H15ClFN3. The lowest BCUT2D eigenvalue weighted by Gasteiger charge is -2.06.